The molecule has 1 heterocycles. The van der Waals surface area contributed by atoms with Crippen molar-refractivity contribution in [2.24, 2.45) is 11.0 Å². The van der Waals surface area contributed by atoms with Gasteiger partial charge in [0.1, 0.15) is 9.91 Å². The van der Waals surface area contributed by atoms with E-state index in [-0.39, 0.29) is 4.87 Å². The first-order valence-electron chi connectivity index (χ1n) is 6.80. The molecule has 0 amide bonds. The van der Waals surface area contributed by atoms with Crippen molar-refractivity contribution in [1.82, 2.24) is 5.43 Å². The number of thioether (sulfide) groups is 1. The molecular formula is C15H20N2S. The average molecular weight is 260 g/mol. The van der Waals surface area contributed by atoms with Crippen LogP contribution in [0.4, 0.5) is 0 Å². The summed E-state index contributed by atoms with van der Waals surface area (Å²) in [6, 6.07) is 8.67. The van der Waals surface area contributed by atoms with E-state index in [0.717, 1.165) is 5.04 Å². The predicted octanol–water partition coefficient (Wildman–Crippen LogP) is 3.90. The van der Waals surface area contributed by atoms with Crippen LogP contribution in [0.25, 0.3) is 0 Å². The van der Waals surface area contributed by atoms with Gasteiger partial charge in [-0.2, -0.15) is 5.10 Å². The first-order chi connectivity index (χ1) is 8.70. The Hall–Kier alpha value is -0.960. The lowest BCUT2D eigenvalue weighted by Gasteiger charge is -2.38. The SMILES string of the molecule is Cc1ccc(C2=NN[C@]3(CCCC[C@@H]3C)S2)cc1. The van der Waals surface area contributed by atoms with E-state index in [4.69, 9.17) is 0 Å². The molecule has 2 atom stereocenters. The van der Waals surface area contributed by atoms with Gasteiger partial charge in [0.25, 0.3) is 0 Å². The molecule has 0 saturated heterocycles. The Morgan fingerprint density at radius 1 is 1.28 bits per heavy atom. The van der Waals surface area contributed by atoms with Crippen LogP contribution in [0.5, 0.6) is 0 Å². The Morgan fingerprint density at radius 3 is 2.78 bits per heavy atom. The Labute approximate surface area is 113 Å². The van der Waals surface area contributed by atoms with Gasteiger partial charge in [-0.05, 0) is 25.7 Å². The predicted molar refractivity (Wildman–Crippen MR) is 78.8 cm³/mol. The summed E-state index contributed by atoms with van der Waals surface area (Å²) in [4.78, 5) is 0.165. The highest BCUT2D eigenvalue weighted by atomic mass is 32.2. The van der Waals surface area contributed by atoms with E-state index in [1.165, 1.54) is 36.8 Å². The molecule has 1 aromatic rings. The van der Waals surface area contributed by atoms with Crippen molar-refractivity contribution in [3.05, 3.63) is 35.4 Å². The molecule has 0 bridgehead atoms. The van der Waals surface area contributed by atoms with Gasteiger partial charge in [-0.25, -0.2) is 0 Å². The average Bonchev–Trinajstić information content (AvgIpc) is 2.80. The zero-order chi connectivity index (χ0) is 12.6. The van der Waals surface area contributed by atoms with Crippen LogP contribution in [0.1, 0.15) is 43.7 Å². The quantitative estimate of drug-likeness (QED) is 0.828. The maximum atomic E-state index is 4.59. The normalized spacial score (nSPS) is 31.2. The fourth-order valence-electron chi connectivity index (χ4n) is 2.82. The Bertz CT molecular complexity index is 466. The molecule has 2 nitrogen and oxygen atoms in total. The van der Waals surface area contributed by atoms with Gasteiger partial charge < -0.3 is 0 Å². The number of nitrogens with one attached hydrogen (secondary N) is 1. The lowest BCUT2D eigenvalue weighted by Crippen LogP contribution is -2.44. The maximum Gasteiger partial charge on any atom is 0.126 e. The van der Waals surface area contributed by atoms with Gasteiger partial charge in [0, 0.05) is 5.56 Å². The molecule has 0 aromatic heterocycles. The van der Waals surface area contributed by atoms with Crippen LogP contribution in [-0.2, 0) is 0 Å². The molecule has 2 aliphatic rings. The number of hydrogen-bond donors (Lipinski definition) is 1. The summed E-state index contributed by atoms with van der Waals surface area (Å²) < 4.78 is 0. The monoisotopic (exact) mass is 260 g/mol. The first-order valence-corrected chi connectivity index (χ1v) is 7.62. The third-order valence-electron chi connectivity index (χ3n) is 4.16. The van der Waals surface area contributed by atoms with Gasteiger partial charge >= 0.3 is 0 Å². The molecule has 3 rings (SSSR count). The molecule has 1 aliphatic carbocycles. The van der Waals surface area contributed by atoms with Gasteiger partial charge in [-0.1, -0.05) is 61.4 Å². The molecular weight excluding hydrogens is 240 g/mol. The van der Waals surface area contributed by atoms with Gasteiger partial charge in [-0.15, -0.1) is 0 Å². The molecule has 1 spiro atoms. The lowest BCUT2D eigenvalue weighted by atomic mass is 9.85. The Morgan fingerprint density at radius 2 is 2.06 bits per heavy atom. The van der Waals surface area contributed by atoms with Gasteiger partial charge in [-0.3, -0.25) is 5.43 Å². The van der Waals surface area contributed by atoms with Crippen molar-refractivity contribution in [3.8, 4) is 0 Å². The van der Waals surface area contributed by atoms with Crippen LogP contribution < -0.4 is 5.43 Å². The van der Waals surface area contributed by atoms with E-state index in [2.05, 4.69) is 48.6 Å². The molecule has 1 aromatic carbocycles. The zero-order valence-corrected chi connectivity index (χ0v) is 11.9. The lowest BCUT2D eigenvalue weighted by molar-refractivity contribution is 0.257. The molecule has 3 heteroatoms. The molecule has 1 aliphatic heterocycles. The summed E-state index contributed by atoms with van der Waals surface area (Å²) in [7, 11) is 0. The van der Waals surface area contributed by atoms with Crippen molar-refractivity contribution in [3.63, 3.8) is 0 Å². The van der Waals surface area contributed by atoms with E-state index < -0.39 is 0 Å². The standard InChI is InChI=1S/C15H20N2S/c1-11-6-8-13(9-7-11)14-16-17-15(18-14)10-4-3-5-12(15)2/h6-9,12,17H,3-5,10H2,1-2H3/t12-,15+/m0/s1. The molecule has 96 valence electrons. The highest BCUT2D eigenvalue weighted by molar-refractivity contribution is 8.15. The topological polar surface area (TPSA) is 24.4 Å². The summed E-state index contributed by atoms with van der Waals surface area (Å²) in [5.41, 5.74) is 5.98. The van der Waals surface area contributed by atoms with Crippen molar-refractivity contribution in [1.29, 1.82) is 0 Å². The summed E-state index contributed by atoms with van der Waals surface area (Å²) in [6.07, 6.45) is 5.24. The number of benzene rings is 1. The molecule has 18 heavy (non-hydrogen) atoms. The van der Waals surface area contributed by atoms with Crippen LogP contribution in [0.2, 0.25) is 0 Å². The fourth-order valence-corrected chi connectivity index (χ4v) is 4.17. The van der Waals surface area contributed by atoms with E-state index in [9.17, 15) is 0 Å². The third kappa shape index (κ3) is 2.05. The largest absolute Gasteiger partial charge is 0.292 e. The summed E-state index contributed by atoms with van der Waals surface area (Å²) in [6.45, 7) is 4.48. The van der Waals surface area contributed by atoms with Crippen LogP contribution in [0.3, 0.4) is 0 Å². The van der Waals surface area contributed by atoms with Crippen molar-refractivity contribution in [2.75, 3.05) is 0 Å². The van der Waals surface area contributed by atoms with Crippen LogP contribution in [0, 0.1) is 12.8 Å². The second kappa shape index (κ2) is 4.61. The number of nitrogens with zero attached hydrogens (tertiary/aromatic N) is 1. The number of hydrogen-bond acceptors (Lipinski definition) is 3. The second-order valence-electron chi connectivity index (χ2n) is 5.53. The minimum Gasteiger partial charge on any atom is -0.292 e. The van der Waals surface area contributed by atoms with Crippen LogP contribution in [-0.4, -0.2) is 9.91 Å². The van der Waals surface area contributed by atoms with E-state index in [1.807, 2.05) is 11.8 Å². The summed E-state index contributed by atoms with van der Waals surface area (Å²) in [5.74, 6) is 0.697. The smallest absolute Gasteiger partial charge is 0.126 e. The maximum absolute atomic E-state index is 4.59. The molecule has 1 saturated carbocycles. The first kappa shape index (κ1) is 12.1. The molecule has 1 fully saturated rings. The van der Waals surface area contributed by atoms with Crippen molar-refractivity contribution in [2.45, 2.75) is 44.4 Å². The van der Waals surface area contributed by atoms with Gasteiger partial charge in [0.05, 0.1) is 0 Å². The molecule has 1 N–H and O–H groups in total. The summed E-state index contributed by atoms with van der Waals surface area (Å²) in [5, 5.41) is 5.75. The van der Waals surface area contributed by atoms with Crippen molar-refractivity contribution < 1.29 is 0 Å². The Kier molecular flexibility index (Phi) is 3.10. The van der Waals surface area contributed by atoms with E-state index >= 15 is 0 Å². The number of aryl methyl sites for hydroxylation is 1. The number of hydrazone groups is 1. The summed E-state index contributed by atoms with van der Waals surface area (Å²) >= 11 is 1.94. The van der Waals surface area contributed by atoms with E-state index in [1.54, 1.807) is 0 Å². The van der Waals surface area contributed by atoms with Gasteiger partial charge in [0.15, 0.2) is 0 Å². The van der Waals surface area contributed by atoms with E-state index in [0.29, 0.717) is 5.92 Å². The highest BCUT2D eigenvalue weighted by Gasteiger charge is 2.43. The molecule has 0 unspecified atom stereocenters. The zero-order valence-electron chi connectivity index (χ0n) is 11.1. The second-order valence-corrected chi connectivity index (χ2v) is 6.85. The van der Waals surface area contributed by atoms with Crippen LogP contribution in [0.15, 0.2) is 29.4 Å². The molecule has 0 radical (unpaired) electrons. The minimum atomic E-state index is 0.165. The number of rotatable bonds is 1. The Balaban J connectivity index is 1.79. The third-order valence-corrected chi connectivity index (χ3v) is 5.74. The fraction of sp³-hybridized carbons (Fsp3) is 0.533. The van der Waals surface area contributed by atoms with Gasteiger partial charge in [0.2, 0.25) is 0 Å². The minimum absolute atomic E-state index is 0.165. The van der Waals surface area contributed by atoms with Crippen molar-refractivity contribution >= 4 is 16.8 Å². The van der Waals surface area contributed by atoms with Crippen LogP contribution >= 0.6 is 11.8 Å². The highest BCUT2D eigenvalue weighted by Crippen LogP contribution is 2.46.